The third-order valence-electron chi connectivity index (χ3n) is 6.29. The molecule has 4 aromatic rings. The summed E-state index contributed by atoms with van der Waals surface area (Å²) in [4.78, 5) is 37.8. The van der Waals surface area contributed by atoms with Crippen LogP contribution in [0.5, 0.6) is 5.75 Å². The van der Waals surface area contributed by atoms with Gasteiger partial charge >= 0.3 is 0 Å². The Morgan fingerprint density at radius 1 is 0.974 bits per heavy atom. The van der Waals surface area contributed by atoms with Crippen LogP contribution in [0.3, 0.4) is 0 Å². The second-order valence-corrected chi connectivity index (χ2v) is 8.77. The van der Waals surface area contributed by atoms with E-state index in [1.165, 1.54) is 23.0 Å². The molecule has 196 valence electrons. The van der Waals surface area contributed by atoms with Crippen LogP contribution >= 0.6 is 0 Å². The number of non-ortho nitro benzene ring substituents is 1. The highest BCUT2D eigenvalue weighted by Crippen LogP contribution is 2.39. The average molecular weight is 525 g/mol. The summed E-state index contributed by atoms with van der Waals surface area (Å²) in [6.07, 6.45) is 1.41. The van der Waals surface area contributed by atoms with Gasteiger partial charge in [-0.2, -0.15) is 5.10 Å². The zero-order valence-corrected chi connectivity index (χ0v) is 21.0. The molecule has 0 saturated heterocycles. The molecule has 39 heavy (non-hydrogen) atoms. The van der Waals surface area contributed by atoms with Crippen molar-refractivity contribution >= 4 is 34.7 Å². The lowest BCUT2D eigenvalue weighted by atomic mass is 9.94. The van der Waals surface area contributed by atoms with E-state index in [1.807, 2.05) is 6.07 Å². The van der Waals surface area contributed by atoms with E-state index in [9.17, 15) is 19.7 Å². The van der Waals surface area contributed by atoms with Crippen LogP contribution in [0.2, 0.25) is 0 Å². The molecule has 11 heteroatoms. The zero-order valence-electron chi connectivity index (χ0n) is 21.0. The zero-order chi connectivity index (χ0) is 27.5. The van der Waals surface area contributed by atoms with Gasteiger partial charge in [-0.05, 0) is 48.9 Å². The van der Waals surface area contributed by atoms with E-state index in [0.717, 1.165) is 0 Å². The molecule has 1 aromatic heterocycles. The van der Waals surface area contributed by atoms with E-state index < -0.39 is 22.8 Å². The molecule has 1 unspecified atom stereocenters. The number of rotatable bonds is 7. The van der Waals surface area contributed by atoms with Crippen molar-refractivity contribution in [2.45, 2.75) is 13.0 Å². The van der Waals surface area contributed by atoms with Crippen molar-refractivity contribution in [2.75, 3.05) is 23.1 Å². The molecule has 1 aliphatic rings. The second kappa shape index (κ2) is 10.5. The van der Waals surface area contributed by atoms with Crippen molar-refractivity contribution in [3.05, 3.63) is 118 Å². The second-order valence-electron chi connectivity index (χ2n) is 8.77. The van der Waals surface area contributed by atoms with E-state index in [1.54, 1.807) is 74.7 Å². The van der Waals surface area contributed by atoms with Gasteiger partial charge in [0.1, 0.15) is 23.2 Å². The number of methoxy groups -OCH3 is 1. The summed E-state index contributed by atoms with van der Waals surface area (Å²) < 4.78 is 6.67. The Labute approximate surface area is 223 Å². The number of para-hydroxylation sites is 1. The molecule has 1 aliphatic heterocycles. The van der Waals surface area contributed by atoms with Crippen molar-refractivity contribution < 1.29 is 19.2 Å². The molecule has 11 nitrogen and oxygen atoms in total. The fourth-order valence-electron chi connectivity index (χ4n) is 4.42. The number of ether oxygens (including phenoxy) is 1. The normalized spacial score (nSPS) is 14.2. The first-order chi connectivity index (χ1) is 18.9. The van der Waals surface area contributed by atoms with Gasteiger partial charge in [0, 0.05) is 29.2 Å². The van der Waals surface area contributed by atoms with E-state index in [0.29, 0.717) is 34.2 Å². The topological polar surface area (TPSA) is 140 Å². The number of benzene rings is 3. The Bertz CT molecular complexity index is 1590. The molecule has 0 fully saturated rings. The Hall–Kier alpha value is -5.45. The molecular weight excluding hydrogens is 500 g/mol. The molecule has 5 rings (SSSR count). The van der Waals surface area contributed by atoms with Gasteiger partial charge in [0.15, 0.2) is 0 Å². The van der Waals surface area contributed by atoms with E-state index in [4.69, 9.17) is 4.74 Å². The molecule has 0 spiro atoms. The monoisotopic (exact) mass is 524 g/mol. The summed E-state index contributed by atoms with van der Waals surface area (Å²) in [5, 5.41) is 24.8. The van der Waals surface area contributed by atoms with E-state index >= 15 is 0 Å². The fraction of sp³-hybridized carbons (Fsp3) is 0.107. The van der Waals surface area contributed by atoms with Gasteiger partial charge in [-0.15, -0.1) is 0 Å². The van der Waals surface area contributed by atoms with E-state index in [-0.39, 0.29) is 16.8 Å². The highest BCUT2D eigenvalue weighted by Gasteiger charge is 2.36. The maximum atomic E-state index is 13.6. The van der Waals surface area contributed by atoms with Gasteiger partial charge in [-0.25, -0.2) is 4.68 Å². The fourth-order valence-corrected chi connectivity index (χ4v) is 4.42. The van der Waals surface area contributed by atoms with Crippen molar-refractivity contribution in [1.29, 1.82) is 0 Å². The largest absolute Gasteiger partial charge is 0.497 e. The number of aromatic nitrogens is 2. The first-order valence-corrected chi connectivity index (χ1v) is 12.0. The number of carbonyl (C=O) groups is 2. The standard InChI is InChI=1S/C28H24N6O5/c1-17-24(28(36)32-20-11-13-22(39-2)14-12-20)25(18-7-6-10-21(15-18)34(37)38)33-26(30-17)23(16-29-33)27(35)31-19-8-4-3-5-9-19/h3-16,25,30H,1-2H3,(H,31,35)(H,32,36). The van der Waals surface area contributed by atoms with Crippen molar-refractivity contribution in [3.63, 3.8) is 0 Å². The lowest BCUT2D eigenvalue weighted by molar-refractivity contribution is -0.384. The molecule has 0 saturated carbocycles. The van der Waals surface area contributed by atoms with Gasteiger partial charge in [0.25, 0.3) is 17.5 Å². The van der Waals surface area contributed by atoms with Crippen molar-refractivity contribution in [3.8, 4) is 5.75 Å². The Kier molecular flexibility index (Phi) is 6.79. The molecule has 0 aliphatic carbocycles. The van der Waals surface area contributed by atoms with Gasteiger partial charge in [-0.1, -0.05) is 30.3 Å². The van der Waals surface area contributed by atoms with Gasteiger partial charge in [0.2, 0.25) is 0 Å². The number of carbonyl (C=O) groups excluding carboxylic acids is 2. The summed E-state index contributed by atoms with van der Waals surface area (Å²) in [7, 11) is 1.55. The molecular formula is C28H24N6O5. The SMILES string of the molecule is COc1ccc(NC(=O)C2=C(C)Nc3c(C(=O)Nc4ccccc4)cnn3C2c2cccc([N+](=O)[O-])c2)cc1. The summed E-state index contributed by atoms with van der Waals surface area (Å²) >= 11 is 0. The number of nitro benzene ring substituents is 1. The quantitative estimate of drug-likeness (QED) is 0.229. The first-order valence-electron chi connectivity index (χ1n) is 12.0. The summed E-state index contributed by atoms with van der Waals surface area (Å²) in [6.45, 7) is 1.71. The number of nitrogens with zero attached hydrogens (tertiary/aromatic N) is 3. The van der Waals surface area contributed by atoms with Crippen LogP contribution in [-0.2, 0) is 4.79 Å². The predicted octanol–water partition coefficient (Wildman–Crippen LogP) is 4.98. The molecule has 3 aromatic carbocycles. The van der Waals surface area contributed by atoms with Crippen LogP contribution in [0.15, 0.2) is 96.3 Å². The highest BCUT2D eigenvalue weighted by molar-refractivity contribution is 6.09. The molecule has 2 amide bonds. The maximum absolute atomic E-state index is 13.6. The Morgan fingerprint density at radius 3 is 2.36 bits per heavy atom. The Balaban J connectivity index is 1.56. The first kappa shape index (κ1) is 25.2. The van der Waals surface area contributed by atoms with Crippen LogP contribution in [0, 0.1) is 10.1 Å². The number of amides is 2. The maximum Gasteiger partial charge on any atom is 0.269 e. The van der Waals surface area contributed by atoms with Crippen LogP contribution in [-0.4, -0.2) is 33.6 Å². The number of nitrogens with one attached hydrogen (secondary N) is 3. The van der Waals surface area contributed by atoms with Gasteiger partial charge < -0.3 is 20.7 Å². The number of anilines is 3. The molecule has 1 atom stereocenters. The number of fused-ring (bicyclic) bond motifs is 1. The predicted molar refractivity (Wildman–Crippen MR) is 146 cm³/mol. The average Bonchev–Trinajstić information content (AvgIpc) is 3.36. The van der Waals surface area contributed by atoms with Crippen LogP contribution in [0.25, 0.3) is 0 Å². The number of allylic oxidation sites excluding steroid dienone is 1. The number of hydrogen-bond acceptors (Lipinski definition) is 7. The highest BCUT2D eigenvalue weighted by atomic mass is 16.6. The number of hydrogen-bond donors (Lipinski definition) is 3. The van der Waals surface area contributed by atoms with Crippen LogP contribution in [0.1, 0.15) is 28.9 Å². The molecule has 0 radical (unpaired) electrons. The lowest BCUT2D eigenvalue weighted by Crippen LogP contribution is -2.32. The van der Waals surface area contributed by atoms with Crippen LogP contribution in [0.4, 0.5) is 22.9 Å². The third-order valence-corrected chi connectivity index (χ3v) is 6.29. The minimum atomic E-state index is -0.849. The summed E-state index contributed by atoms with van der Waals surface area (Å²) in [6, 6.07) is 21.0. The minimum Gasteiger partial charge on any atom is -0.497 e. The lowest BCUT2D eigenvalue weighted by Gasteiger charge is -2.30. The number of nitro groups is 1. The third kappa shape index (κ3) is 5.05. The van der Waals surface area contributed by atoms with Crippen molar-refractivity contribution in [1.82, 2.24) is 9.78 Å². The molecule has 0 bridgehead atoms. The van der Waals surface area contributed by atoms with Gasteiger partial charge in [0.05, 0.1) is 23.8 Å². The Morgan fingerprint density at radius 2 is 1.67 bits per heavy atom. The molecule has 3 N–H and O–H groups in total. The summed E-state index contributed by atoms with van der Waals surface area (Å²) in [5.41, 5.74) is 2.49. The minimum absolute atomic E-state index is 0.130. The molecule has 2 heterocycles. The van der Waals surface area contributed by atoms with E-state index in [2.05, 4.69) is 21.0 Å². The van der Waals surface area contributed by atoms with Gasteiger partial charge in [-0.3, -0.25) is 19.7 Å². The van der Waals surface area contributed by atoms with Crippen LogP contribution < -0.4 is 20.7 Å². The summed E-state index contributed by atoms with van der Waals surface area (Å²) in [5.74, 6) is 0.169. The van der Waals surface area contributed by atoms with Crippen molar-refractivity contribution in [2.24, 2.45) is 0 Å². The smallest absolute Gasteiger partial charge is 0.269 e.